The molecule has 2 aromatic rings. The lowest BCUT2D eigenvalue weighted by molar-refractivity contribution is 0.612. The van der Waals surface area contributed by atoms with Gasteiger partial charge < -0.3 is 5.32 Å². The van der Waals surface area contributed by atoms with Gasteiger partial charge in [0.05, 0.1) is 0 Å². The number of benzene rings is 1. The highest BCUT2D eigenvalue weighted by atomic mass is 32.1. The number of nitrogens with zero attached hydrogens (tertiary/aromatic N) is 1. The van der Waals surface area contributed by atoms with E-state index in [1.165, 1.54) is 17.4 Å². The van der Waals surface area contributed by atoms with Crippen LogP contribution < -0.4 is 5.32 Å². The van der Waals surface area contributed by atoms with Gasteiger partial charge in [-0.1, -0.05) is 17.7 Å². The molecule has 0 radical (unpaired) electrons. The van der Waals surface area contributed by atoms with Gasteiger partial charge in [0.15, 0.2) is 5.13 Å². The second kappa shape index (κ2) is 4.40. The van der Waals surface area contributed by atoms with E-state index < -0.39 is 0 Å². The second-order valence-electron chi connectivity index (χ2n) is 3.29. The summed E-state index contributed by atoms with van der Waals surface area (Å²) in [6, 6.07) is 5.10. The Hall–Kier alpha value is -1.42. The highest BCUT2D eigenvalue weighted by Crippen LogP contribution is 2.14. The van der Waals surface area contributed by atoms with Crippen molar-refractivity contribution in [3.63, 3.8) is 0 Å². The van der Waals surface area contributed by atoms with Crippen LogP contribution in [0.4, 0.5) is 9.52 Å². The molecule has 0 aliphatic carbocycles. The van der Waals surface area contributed by atoms with Crippen LogP contribution in [0.25, 0.3) is 0 Å². The summed E-state index contributed by atoms with van der Waals surface area (Å²) in [6.45, 7) is 2.42. The molecule has 78 valence electrons. The molecule has 0 atom stereocenters. The van der Waals surface area contributed by atoms with Crippen molar-refractivity contribution in [1.29, 1.82) is 0 Å². The zero-order valence-electron chi connectivity index (χ0n) is 8.33. The Morgan fingerprint density at radius 1 is 1.47 bits per heavy atom. The normalized spacial score (nSPS) is 10.3. The molecule has 1 aromatic carbocycles. The lowest BCUT2D eigenvalue weighted by Crippen LogP contribution is -2.01. The van der Waals surface area contributed by atoms with Crippen LogP contribution in [0.15, 0.2) is 29.8 Å². The van der Waals surface area contributed by atoms with E-state index in [-0.39, 0.29) is 5.82 Å². The van der Waals surface area contributed by atoms with Crippen LogP contribution in [-0.4, -0.2) is 4.98 Å². The number of halogens is 1. The molecule has 0 spiro atoms. The van der Waals surface area contributed by atoms with Gasteiger partial charge in [0.2, 0.25) is 0 Å². The molecule has 2 nitrogen and oxygen atoms in total. The van der Waals surface area contributed by atoms with E-state index in [1.807, 2.05) is 18.4 Å². The minimum Gasteiger partial charge on any atom is -0.357 e. The van der Waals surface area contributed by atoms with E-state index in [0.29, 0.717) is 12.1 Å². The lowest BCUT2D eigenvalue weighted by atomic mass is 10.1. The SMILES string of the molecule is Cc1ccc(F)c(CNc2nccs2)c1. The van der Waals surface area contributed by atoms with Gasteiger partial charge in [-0.15, -0.1) is 11.3 Å². The van der Waals surface area contributed by atoms with Crippen molar-refractivity contribution in [1.82, 2.24) is 4.98 Å². The molecule has 2 rings (SSSR count). The van der Waals surface area contributed by atoms with Crippen molar-refractivity contribution in [3.05, 3.63) is 46.7 Å². The molecule has 0 aliphatic heterocycles. The van der Waals surface area contributed by atoms with Gasteiger partial charge in [0.1, 0.15) is 5.82 Å². The van der Waals surface area contributed by atoms with Crippen LogP contribution in [-0.2, 0) is 6.54 Å². The smallest absolute Gasteiger partial charge is 0.182 e. The molecule has 0 saturated carbocycles. The molecule has 0 fully saturated rings. The number of hydrogen-bond acceptors (Lipinski definition) is 3. The summed E-state index contributed by atoms with van der Waals surface area (Å²) in [7, 11) is 0. The predicted octanol–water partition coefficient (Wildman–Crippen LogP) is 3.20. The number of aromatic nitrogens is 1. The number of nitrogens with one attached hydrogen (secondary N) is 1. The molecular weight excluding hydrogens is 211 g/mol. The largest absolute Gasteiger partial charge is 0.357 e. The maximum absolute atomic E-state index is 13.3. The molecule has 1 heterocycles. The second-order valence-corrected chi connectivity index (χ2v) is 4.18. The van der Waals surface area contributed by atoms with Crippen molar-refractivity contribution in [2.24, 2.45) is 0 Å². The molecule has 4 heteroatoms. The number of hydrogen-bond donors (Lipinski definition) is 1. The third-order valence-corrected chi connectivity index (χ3v) is 2.79. The number of rotatable bonds is 3. The first-order chi connectivity index (χ1) is 7.25. The average molecular weight is 222 g/mol. The Bertz CT molecular complexity index is 440. The van der Waals surface area contributed by atoms with Crippen molar-refractivity contribution in [2.45, 2.75) is 13.5 Å². The van der Waals surface area contributed by atoms with Crippen LogP contribution in [0.1, 0.15) is 11.1 Å². The van der Waals surface area contributed by atoms with E-state index in [2.05, 4.69) is 10.3 Å². The monoisotopic (exact) mass is 222 g/mol. The lowest BCUT2D eigenvalue weighted by Gasteiger charge is -2.05. The molecule has 0 unspecified atom stereocenters. The fourth-order valence-electron chi connectivity index (χ4n) is 1.32. The standard InChI is InChI=1S/C11H11FN2S/c1-8-2-3-10(12)9(6-8)7-14-11-13-4-5-15-11/h2-6H,7H2,1H3,(H,13,14). The summed E-state index contributed by atoms with van der Waals surface area (Å²) in [5.41, 5.74) is 1.73. The fourth-order valence-corrected chi connectivity index (χ4v) is 1.85. The van der Waals surface area contributed by atoms with Crippen LogP contribution in [0.3, 0.4) is 0 Å². The van der Waals surface area contributed by atoms with Crippen LogP contribution in [0, 0.1) is 12.7 Å². The fraction of sp³-hybridized carbons (Fsp3) is 0.182. The van der Waals surface area contributed by atoms with Gasteiger partial charge in [-0.25, -0.2) is 9.37 Å². The highest BCUT2D eigenvalue weighted by molar-refractivity contribution is 7.13. The summed E-state index contributed by atoms with van der Waals surface area (Å²) < 4.78 is 13.3. The third kappa shape index (κ3) is 2.53. The van der Waals surface area contributed by atoms with E-state index >= 15 is 0 Å². The number of thiazole rings is 1. The zero-order valence-corrected chi connectivity index (χ0v) is 9.14. The first-order valence-corrected chi connectivity index (χ1v) is 5.52. The van der Waals surface area contributed by atoms with Gasteiger partial charge in [0, 0.05) is 23.7 Å². The Labute approximate surface area is 91.8 Å². The summed E-state index contributed by atoms with van der Waals surface area (Å²) in [6.07, 6.45) is 1.72. The quantitative estimate of drug-likeness (QED) is 0.862. The van der Waals surface area contributed by atoms with Gasteiger partial charge in [-0.2, -0.15) is 0 Å². The molecule has 0 saturated heterocycles. The molecular formula is C11H11FN2S. The summed E-state index contributed by atoms with van der Waals surface area (Å²) >= 11 is 1.51. The molecule has 0 aliphatic rings. The topological polar surface area (TPSA) is 24.9 Å². The maximum Gasteiger partial charge on any atom is 0.182 e. The Kier molecular flexibility index (Phi) is 2.97. The summed E-state index contributed by atoms with van der Waals surface area (Å²) in [5, 5.41) is 5.78. The maximum atomic E-state index is 13.3. The third-order valence-electron chi connectivity index (χ3n) is 2.06. The highest BCUT2D eigenvalue weighted by Gasteiger charge is 2.02. The van der Waals surface area contributed by atoms with Crippen LogP contribution in [0.5, 0.6) is 0 Å². The van der Waals surface area contributed by atoms with E-state index in [0.717, 1.165) is 10.7 Å². The van der Waals surface area contributed by atoms with Crippen molar-refractivity contribution in [2.75, 3.05) is 5.32 Å². The van der Waals surface area contributed by atoms with Gasteiger partial charge in [-0.05, 0) is 13.0 Å². The molecule has 15 heavy (non-hydrogen) atoms. The molecule has 0 bridgehead atoms. The predicted molar refractivity (Wildman–Crippen MR) is 60.6 cm³/mol. The minimum absolute atomic E-state index is 0.176. The van der Waals surface area contributed by atoms with Crippen molar-refractivity contribution in [3.8, 4) is 0 Å². The molecule has 1 N–H and O–H groups in total. The van der Waals surface area contributed by atoms with Crippen LogP contribution in [0.2, 0.25) is 0 Å². The first kappa shape index (κ1) is 10.1. The zero-order chi connectivity index (χ0) is 10.7. The molecule has 1 aromatic heterocycles. The Morgan fingerprint density at radius 3 is 3.07 bits per heavy atom. The van der Waals surface area contributed by atoms with Crippen molar-refractivity contribution < 1.29 is 4.39 Å². The minimum atomic E-state index is -0.176. The average Bonchev–Trinajstić information content (AvgIpc) is 2.72. The Balaban J connectivity index is 2.07. The van der Waals surface area contributed by atoms with E-state index in [1.54, 1.807) is 12.3 Å². The Morgan fingerprint density at radius 2 is 2.33 bits per heavy atom. The summed E-state index contributed by atoms with van der Waals surface area (Å²) in [4.78, 5) is 4.07. The van der Waals surface area contributed by atoms with Gasteiger partial charge in [-0.3, -0.25) is 0 Å². The van der Waals surface area contributed by atoms with Crippen LogP contribution >= 0.6 is 11.3 Å². The van der Waals surface area contributed by atoms with E-state index in [9.17, 15) is 4.39 Å². The number of aryl methyl sites for hydroxylation is 1. The summed E-state index contributed by atoms with van der Waals surface area (Å²) in [5.74, 6) is -0.176. The first-order valence-electron chi connectivity index (χ1n) is 4.64. The van der Waals surface area contributed by atoms with Crippen molar-refractivity contribution >= 4 is 16.5 Å². The van der Waals surface area contributed by atoms with E-state index in [4.69, 9.17) is 0 Å². The van der Waals surface area contributed by atoms with Gasteiger partial charge in [0.25, 0.3) is 0 Å². The van der Waals surface area contributed by atoms with Gasteiger partial charge >= 0.3 is 0 Å². The molecule has 0 amide bonds. The number of anilines is 1.